The number of aliphatic hydroxyl groups excluding tert-OH is 4. The number of aliphatic hydroxyl groups is 5. The first-order valence-electron chi connectivity index (χ1n) is 13.0. The number of esters is 1. The number of methoxy groups -OCH3 is 1. The summed E-state index contributed by atoms with van der Waals surface area (Å²) in [5.74, 6) is -5.88. The second-order valence-corrected chi connectivity index (χ2v) is 10.4. The summed E-state index contributed by atoms with van der Waals surface area (Å²) in [7, 11) is 1.05. The molecular weight excluding hydrogens is 544 g/mol. The molecule has 1 aliphatic heterocycles. The van der Waals surface area contributed by atoms with Crippen LogP contribution in [-0.2, 0) is 19.0 Å². The van der Waals surface area contributed by atoms with Crippen LogP contribution in [0.2, 0.25) is 0 Å². The second-order valence-electron chi connectivity index (χ2n) is 10.4. The fourth-order valence-electron chi connectivity index (χ4n) is 6.04. The summed E-state index contributed by atoms with van der Waals surface area (Å²) in [4.78, 5) is 40.1. The van der Waals surface area contributed by atoms with Crippen LogP contribution in [0.4, 0.5) is 0 Å². The van der Waals surface area contributed by atoms with Crippen LogP contribution in [0, 0.1) is 0 Å². The van der Waals surface area contributed by atoms with E-state index < -0.39 is 107 Å². The third-order valence-corrected chi connectivity index (χ3v) is 8.28. The average Bonchev–Trinajstić information content (AvgIpc) is 2.97. The van der Waals surface area contributed by atoms with Crippen molar-refractivity contribution in [1.29, 1.82) is 0 Å². The van der Waals surface area contributed by atoms with E-state index in [0.29, 0.717) is 0 Å². The van der Waals surface area contributed by atoms with Gasteiger partial charge in [0.1, 0.15) is 41.8 Å². The summed E-state index contributed by atoms with van der Waals surface area (Å²) >= 11 is 0. The van der Waals surface area contributed by atoms with E-state index in [9.17, 15) is 50.1 Å². The van der Waals surface area contributed by atoms with Gasteiger partial charge in [0.05, 0.1) is 36.5 Å². The SMILES string of the molecule is CC[C@@]1(O)C[C@H](O[C@H]2O[C@H](CO)[C@@H](O)[C@H](O)[C@@H]2O)c2c(O)c3c(c(O)c2[C@H]1C(=O)OC)C(=O)c1ccccc1C3=O. The molecule has 1 fully saturated rings. The molecule has 220 valence electrons. The summed E-state index contributed by atoms with van der Waals surface area (Å²) in [5.41, 5.74) is -3.94. The third-order valence-electron chi connectivity index (χ3n) is 8.28. The minimum atomic E-state index is -2.00. The van der Waals surface area contributed by atoms with Crippen molar-refractivity contribution in [3.05, 3.63) is 57.6 Å². The minimum absolute atomic E-state index is 0.0311. The lowest BCUT2D eigenvalue weighted by Crippen LogP contribution is -2.59. The fourth-order valence-corrected chi connectivity index (χ4v) is 6.04. The van der Waals surface area contributed by atoms with E-state index in [0.717, 1.165) is 7.11 Å². The van der Waals surface area contributed by atoms with Crippen LogP contribution in [0.15, 0.2) is 24.3 Å². The zero-order valence-corrected chi connectivity index (χ0v) is 22.1. The molecule has 0 aromatic heterocycles. The van der Waals surface area contributed by atoms with Crippen molar-refractivity contribution >= 4 is 17.5 Å². The number of carbonyl (C=O) groups excluding carboxylic acids is 3. The van der Waals surface area contributed by atoms with E-state index in [1.54, 1.807) is 0 Å². The zero-order chi connectivity index (χ0) is 30.0. The van der Waals surface area contributed by atoms with Crippen molar-refractivity contribution in [1.82, 2.24) is 0 Å². The summed E-state index contributed by atoms with van der Waals surface area (Å²) in [6.45, 7) is 0.775. The van der Waals surface area contributed by atoms with E-state index in [2.05, 4.69) is 0 Å². The van der Waals surface area contributed by atoms with Gasteiger partial charge < -0.3 is 50.0 Å². The average molecular weight is 575 g/mol. The molecule has 13 nitrogen and oxygen atoms in total. The highest BCUT2D eigenvalue weighted by molar-refractivity contribution is 6.30. The Hall–Kier alpha value is -3.43. The number of phenolic OH excluding ortho intramolecular Hbond substituents is 2. The smallest absolute Gasteiger partial charge is 0.316 e. The number of hydrogen-bond acceptors (Lipinski definition) is 13. The Morgan fingerprint density at radius 1 is 0.976 bits per heavy atom. The molecule has 2 aliphatic carbocycles. The van der Waals surface area contributed by atoms with Gasteiger partial charge in [-0.25, -0.2) is 0 Å². The molecular formula is C28H30O13. The normalized spacial score (nSPS) is 32.6. The van der Waals surface area contributed by atoms with Gasteiger partial charge in [-0.2, -0.15) is 0 Å². The van der Waals surface area contributed by atoms with Crippen LogP contribution in [0.3, 0.4) is 0 Å². The topological polar surface area (TPSA) is 221 Å². The van der Waals surface area contributed by atoms with Gasteiger partial charge in [0.25, 0.3) is 0 Å². The number of ether oxygens (including phenoxy) is 3. The van der Waals surface area contributed by atoms with Crippen LogP contribution in [0.1, 0.15) is 74.8 Å². The molecule has 13 heteroatoms. The molecule has 1 saturated heterocycles. The van der Waals surface area contributed by atoms with E-state index in [1.165, 1.54) is 31.2 Å². The molecule has 8 atom stereocenters. The molecule has 0 bridgehead atoms. The molecule has 41 heavy (non-hydrogen) atoms. The molecule has 5 rings (SSSR count). The lowest BCUT2D eigenvalue weighted by Gasteiger charge is -2.46. The second kappa shape index (κ2) is 10.4. The maximum absolute atomic E-state index is 13.5. The predicted molar refractivity (Wildman–Crippen MR) is 135 cm³/mol. The van der Waals surface area contributed by atoms with Crippen LogP contribution in [0.25, 0.3) is 0 Å². The van der Waals surface area contributed by atoms with Gasteiger partial charge in [0, 0.05) is 28.7 Å². The van der Waals surface area contributed by atoms with E-state index in [1.807, 2.05) is 0 Å². The molecule has 1 heterocycles. The molecule has 2 aromatic rings. The van der Waals surface area contributed by atoms with Crippen LogP contribution < -0.4 is 0 Å². The number of carbonyl (C=O) groups is 3. The van der Waals surface area contributed by atoms with Crippen LogP contribution in [-0.4, -0.2) is 103 Å². The molecule has 3 aliphatic rings. The third kappa shape index (κ3) is 4.24. The number of aromatic hydroxyl groups is 2. The summed E-state index contributed by atoms with van der Waals surface area (Å²) < 4.78 is 16.3. The molecule has 0 radical (unpaired) electrons. The van der Waals surface area contributed by atoms with E-state index in [4.69, 9.17) is 14.2 Å². The van der Waals surface area contributed by atoms with E-state index in [-0.39, 0.29) is 23.1 Å². The quantitative estimate of drug-likeness (QED) is 0.152. The number of rotatable bonds is 5. The minimum Gasteiger partial charge on any atom is -0.507 e. The molecule has 0 amide bonds. The van der Waals surface area contributed by atoms with Gasteiger partial charge in [0.15, 0.2) is 17.9 Å². The van der Waals surface area contributed by atoms with Gasteiger partial charge in [0.2, 0.25) is 0 Å². The lowest BCUT2D eigenvalue weighted by molar-refractivity contribution is -0.316. The highest BCUT2D eigenvalue weighted by Crippen LogP contribution is 2.57. The van der Waals surface area contributed by atoms with Crippen molar-refractivity contribution in [2.45, 2.75) is 68.1 Å². The van der Waals surface area contributed by atoms with Crippen molar-refractivity contribution in [2.75, 3.05) is 13.7 Å². The van der Waals surface area contributed by atoms with Crippen molar-refractivity contribution in [2.24, 2.45) is 0 Å². The van der Waals surface area contributed by atoms with Crippen molar-refractivity contribution in [3.8, 4) is 11.5 Å². The number of hydrogen-bond donors (Lipinski definition) is 7. The van der Waals surface area contributed by atoms with Gasteiger partial charge in [-0.1, -0.05) is 31.2 Å². The first-order chi connectivity index (χ1) is 19.4. The van der Waals surface area contributed by atoms with Gasteiger partial charge >= 0.3 is 5.97 Å². The van der Waals surface area contributed by atoms with Crippen LogP contribution >= 0.6 is 0 Å². The number of fused-ring (bicyclic) bond motifs is 3. The zero-order valence-electron chi connectivity index (χ0n) is 22.1. The summed E-state index contributed by atoms with van der Waals surface area (Å²) in [6.07, 6.45) is -10.6. The monoisotopic (exact) mass is 574 g/mol. The largest absolute Gasteiger partial charge is 0.507 e. The summed E-state index contributed by atoms with van der Waals surface area (Å²) in [5, 5.41) is 75.3. The van der Waals surface area contributed by atoms with Crippen LogP contribution in [0.5, 0.6) is 11.5 Å². The highest BCUT2D eigenvalue weighted by atomic mass is 16.7. The van der Waals surface area contributed by atoms with Gasteiger partial charge in [-0.05, 0) is 6.42 Å². The fraction of sp³-hybridized carbons (Fsp3) is 0.464. The molecule has 2 aromatic carbocycles. The highest BCUT2D eigenvalue weighted by Gasteiger charge is 2.55. The standard InChI is InChI=1S/C28H30O13/c1-3-28(38)8-12(40-27-25(36)24(35)21(32)13(9-29)41-27)14-15(18(28)26(37)39-2)23(34)17-16(22(14)33)19(30)10-6-4-5-7-11(10)20(17)31/h4-7,12-13,18,21,24-25,27,29,32-36,38H,3,8-9H2,1-2H3/t12-,13+,18-,21+,24-,25-,27-,28+/m0/s1. The first kappa shape index (κ1) is 29.1. The van der Waals surface area contributed by atoms with Gasteiger partial charge in [-0.15, -0.1) is 0 Å². The Kier molecular flexibility index (Phi) is 7.40. The Labute approximate surface area is 233 Å². The molecule has 7 N–H and O–H groups in total. The van der Waals surface area contributed by atoms with Gasteiger partial charge in [-0.3, -0.25) is 14.4 Å². The summed E-state index contributed by atoms with van der Waals surface area (Å²) in [6, 6.07) is 5.79. The lowest BCUT2D eigenvalue weighted by atomic mass is 9.66. The maximum atomic E-state index is 13.5. The predicted octanol–water partition coefficient (Wildman–Crippen LogP) is -0.468. The Morgan fingerprint density at radius 3 is 2.05 bits per heavy atom. The number of benzene rings is 2. The Bertz CT molecular complexity index is 1420. The molecule has 0 spiro atoms. The van der Waals surface area contributed by atoms with Crippen molar-refractivity contribution < 1.29 is 64.3 Å². The van der Waals surface area contributed by atoms with E-state index >= 15 is 0 Å². The first-order valence-corrected chi connectivity index (χ1v) is 13.0. The van der Waals surface area contributed by atoms with Crippen molar-refractivity contribution in [3.63, 3.8) is 0 Å². The molecule has 0 unspecified atom stereocenters. The maximum Gasteiger partial charge on any atom is 0.316 e. The Morgan fingerprint density at radius 2 is 1.54 bits per heavy atom. The number of ketones is 2. The number of phenols is 2. The Balaban J connectivity index is 1.74. The molecule has 0 saturated carbocycles.